The SMILES string of the molecule is OCc1c(-c2ccccc2Cl)[c]ccc1O. The third-order valence-corrected chi connectivity index (χ3v) is 2.71. The van der Waals surface area contributed by atoms with E-state index in [1.807, 2.05) is 18.2 Å². The molecular formula is C13H10ClO2. The number of aliphatic hydroxyl groups is 1. The summed E-state index contributed by atoms with van der Waals surface area (Å²) in [7, 11) is 0. The summed E-state index contributed by atoms with van der Waals surface area (Å²) >= 11 is 6.06. The van der Waals surface area contributed by atoms with Crippen molar-refractivity contribution in [3.63, 3.8) is 0 Å². The van der Waals surface area contributed by atoms with Gasteiger partial charge in [-0.05, 0) is 18.2 Å². The minimum Gasteiger partial charge on any atom is -0.508 e. The summed E-state index contributed by atoms with van der Waals surface area (Å²) in [5.74, 6) is 0.0520. The van der Waals surface area contributed by atoms with Crippen molar-refractivity contribution in [2.24, 2.45) is 0 Å². The van der Waals surface area contributed by atoms with Gasteiger partial charge >= 0.3 is 0 Å². The van der Waals surface area contributed by atoms with Crippen LogP contribution in [0, 0.1) is 6.07 Å². The van der Waals surface area contributed by atoms with Gasteiger partial charge in [-0.15, -0.1) is 0 Å². The molecular weight excluding hydrogens is 224 g/mol. The van der Waals surface area contributed by atoms with Crippen molar-refractivity contribution >= 4 is 11.6 Å². The monoisotopic (exact) mass is 233 g/mol. The number of rotatable bonds is 2. The van der Waals surface area contributed by atoms with Crippen LogP contribution in [0.5, 0.6) is 5.75 Å². The molecule has 2 rings (SSSR count). The number of hydrogen-bond donors (Lipinski definition) is 2. The number of phenols is 1. The highest BCUT2D eigenvalue weighted by Crippen LogP contribution is 2.33. The second-order valence-electron chi connectivity index (χ2n) is 3.35. The van der Waals surface area contributed by atoms with Crippen LogP contribution in [0.1, 0.15) is 5.56 Å². The molecule has 2 aromatic rings. The molecule has 3 heteroatoms. The summed E-state index contributed by atoms with van der Waals surface area (Å²) in [6, 6.07) is 13.3. The molecule has 0 heterocycles. The summed E-state index contributed by atoms with van der Waals surface area (Å²) in [6.45, 7) is -0.246. The van der Waals surface area contributed by atoms with Crippen molar-refractivity contribution in [1.82, 2.24) is 0 Å². The second-order valence-corrected chi connectivity index (χ2v) is 3.76. The third kappa shape index (κ3) is 1.90. The highest BCUT2D eigenvalue weighted by atomic mass is 35.5. The molecule has 0 aromatic heterocycles. The fraction of sp³-hybridized carbons (Fsp3) is 0.0769. The van der Waals surface area contributed by atoms with E-state index in [1.54, 1.807) is 12.1 Å². The lowest BCUT2D eigenvalue weighted by Gasteiger charge is -2.10. The smallest absolute Gasteiger partial charge is 0.121 e. The predicted octanol–water partition coefficient (Wildman–Crippen LogP) is 3.01. The summed E-state index contributed by atoms with van der Waals surface area (Å²) in [5.41, 5.74) is 1.83. The molecule has 81 valence electrons. The summed E-state index contributed by atoms with van der Waals surface area (Å²) in [5, 5.41) is 19.4. The van der Waals surface area contributed by atoms with Crippen LogP contribution in [-0.2, 0) is 6.61 Å². The number of hydrogen-bond acceptors (Lipinski definition) is 2. The van der Waals surface area contributed by atoms with E-state index < -0.39 is 0 Å². The quantitative estimate of drug-likeness (QED) is 0.837. The van der Waals surface area contributed by atoms with Gasteiger partial charge in [0, 0.05) is 21.7 Å². The van der Waals surface area contributed by atoms with Crippen molar-refractivity contribution in [2.45, 2.75) is 6.61 Å². The van der Waals surface area contributed by atoms with Gasteiger partial charge in [-0.1, -0.05) is 35.9 Å². The third-order valence-electron chi connectivity index (χ3n) is 2.38. The Morgan fingerprint density at radius 2 is 1.94 bits per heavy atom. The lowest BCUT2D eigenvalue weighted by atomic mass is 9.99. The molecule has 16 heavy (non-hydrogen) atoms. The van der Waals surface area contributed by atoms with E-state index in [9.17, 15) is 10.2 Å². The zero-order chi connectivity index (χ0) is 11.5. The molecule has 2 nitrogen and oxygen atoms in total. The van der Waals surface area contributed by atoms with Crippen LogP contribution in [0.2, 0.25) is 5.02 Å². The van der Waals surface area contributed by atoms with E-state index in [4.69, 9.17) is 11.6 Å². The van der Waals surface area contributed by atoms with Gasteiger partial charge in [-0.3, -0.25) is 0 Å². The summed E-state index contributed by atoms with van der Waals surface area (Å²) in [4.78, 5) is 0. The summed E-state index contributed by atoms with van der Waals surface area (Å²) in [6.07, 6.45) is 0. The fourth-order valence-corrected chi connectivity index (χ4v) is 1.81. The first kappa shape index (κ1) is 11.0. The van der Waals surface area contributed by atoms with Crippen LogP contribution in [0.25, 0.3) is 11.1 Å². The Labute approximate surface area is 98.7 Å². The van der Waals surface area contributed by atoms with Gasteiger partial charge in [0.1, 0.15) is 5.75 Å². The first-order chi connectivity index (χ1) is 7.74. The molecule has 0 fully saturated rings. The van der Waals surface area contributed by atoms with Crippen LogP contribution >= 0.6 is 11.6 Å². The van der Waals surface area contributed by atoms with Gasteiger partial charge in [-0.25, -0.2) is 0 Å². The molecule has 0 spiro atoms. The van der Waals surface area contributed by atoms with E-state index in [1.165, 1.54) is 6.07 Å². The van der Waals surface area contributed by atoms with Gasteiger partial charge in [0.25, 0.3) is 0 Å². The zero-order valence-corrected chi connectivity index (χ0v) is 9.20. The molecule has 0 saturated carbocycles. The maximum absolute atomic E-state index is 9.62. The average molecular weight is 234 g/mol. The van der Waals surface area contributed by atoms with Crippen LogP contribution < -0.4 is 0 Å². The fourth-order valence-electron chi connectivity index (χ4n) is 1.58. The molecule has 0 bridgehead atoms. The molecule has 0 aliphatic heterocycles. The Kier molecular flexibility index (Phi) is 3.13. The lowest BCUT2D eigenvalue weighted by molar-refractivity contribution is 0.276. The number of halogens is 1. The van der Waals surface area contributed by atoms with Crippen LogP contribution in [0.3, 0.4) is 0 Å². The standard InChI is InChI=1S/C13H10ClO2/c14-12-6-2-1-4-10(12)9-5-3-7-13(16)11(9)8-15/h1-4,6-7,15-16H,8H2. The molecule has 0 aliphatic rings. The van der Waals surface area contributed by atoms with E-state index >= 15 is 0 Å². The first-order valence-electron chi connectivity index (χ1n) is 4.82. The molecule has 0 amide bonds. The highest BCUT2D eigenvalue weighted by Gasteiger charge is 2.11. The van der Waals surface area contributed by atoms with Crippen LogP contribution in [0.15, 0.2) is 36.4 Å². The van der Waals surface area contributed by atoms with E-state index in [0.717, 1.165) is 5.56 Å². The Hall–Kier alpha value is -1.51. The number of aliphatic hydroxyl groups excluding tert-OH is 1. The van der Waals surface area contributed by atoms with Crippen molar-refractivity contribution in [1.29, 1.82) is 0 Å². The predicted molar refractivity (Wildman–Crippen MR) is 63.3 cm³/mol. The molecule has 0 unspecified atom stereocenters. The largest absolute Gasteiger partial charge is 0.508 e. The van der Waals surface area contributed by atoms with Crippen LogP contribution in [0.4, 0.5) is 0 Å². The van der Waals surface area contributed by atoms with E-state index in [2.05, 4.69) is 6.07 Å². The molecule has 0 atom stereocenters. The molecule has 0 aliphatic carbocycles. The molecule has 2 aromatic carbocycles. The summed E-state index contributed by atoms with van der Waals surface area (Å²) < 4.78 is 0. The zero-order valence-electron chi connectivity index (χ0n) is 8.44. The van der Waals surface area contributed by atoms with E-state index in [-0.39, 0.29) is 12.4 Å². The first-order valence-corrected chi connectivity index (χ1v) is 5.20. The average Bonchev–Trinajstić information content (AvgIpc) is 2.29. The van der Waals surface area contributed by atoms with Crippen molar-refractivity contribution < 1.29 is 10.2 Å². The lowest BCUT2D eigenvalue weighted by Crippen LogP contribution is -1.91. The maximum atomic E-state index is 9.62. The normalized spacial score (nSPS) is 10.4. The minimum atomic E-state index is -0.246. The minimum absolute atomic E-state index is 0.0520. The maximum Gasteiger partial charge on any atom is 0.121 e. The van der Waals surface area contributed by atoms with E-state index in [0.29, 0.717) is 16.1 Å². The van der Waals surface area contributed by atoms with Gasteiger partial charge < -0.3 is 10.2 Å². The second kappa shape index (κ2) is 4.56. The van der Waals surface area contributed by atoms with Gasteiger partial charge in [0.2, 0.25) is 0 Å². The number of aromatic hydroxyl groups is 1. The topological polar surface area (TPSA) is 40.5 Å². The molecule has 2 N–H and O–H groups in total. The van der Waals surface area contributed by atoms with Crippen molar-refractivity contribution in [2.75, 3.05) is 0 Å². The Bertz CT molecular complexity index is 509. The molecule has 0 saturated heterocycles. The van der Waals surface area contributed by atoms with Crippen molar-refractivity contribution in [3.8, 4) is 16.9 Å². The Balaban J connectivity index is 2.65. The molecule has 1 radical (unpaired) electrons. The number of benzene rings is 2. The van der Waals surface area contributed by atoms with Crippen LogP contribution in [-0.4, -0.2) is 10.2 Å². The van der Waals surface area contributed by atoms with Gasteiger partial charge in [0.05, 0.1) is 6.61 Å². The Morgan fingerprint density at radius 3 is 2.62 bits per heavy atom. The van der Waals surface area contributed by atoms with Crippen molar-refractivity contribution in [3.05, 3.63) is 53.1 Å². The Morgan fingerprint density at radius 1 is 1.19 bits per heavy atom. The highest BCUT2D eigenvalue weighted by molar-refractivity contribution is 6.33. The van der Waals surface area contributed by atoms with Gasteiger partial charge in [-0.2, -0.15) is 0 Å². The van der Waals surface area contributed by atoms with Gasteiger partial charge in [0.15, 0.2) is 0 Å².